The molecule has 2 aromatic rings. The first-order valence-electron chi connectivity index (χ1n) is 6.80. The van der Waals surface area contributed by atoms with E-state index in [9.17, 15) is 4.39 Å². The van der Waals surface area contributed by atoms with Gasteiger partial charge in [-0.15, -0.1) is 0 Å². The van der Waals surface area contributed by atoms with Gasteiger partial charge in [-0.1, -0.05) is 35.0 Å². The Bertz CT molecular complexity index is 587. The molecule has 0 heterocycles. The van der Waals surface area contributed by atoms with Gasteiger partial charge in [0.25, 0.3) is 0 Å². The number of anilines is 1. The molecule has 0 amide bonds. The molecule has 0 radical (unpaired) electrons. The Hall–Kier alpha value is -1.35. The van der Waals surface area contributed by atoms with Gasteiger partial charge in [-0.25, -0.2) is 4.39 Å². The minimum Gasteiger partial charge on any atom is -0.378 e. The second kappa shape index (κ2) is 6.40. The van der Waals surface area contributed by atoms with Gasteiger partial charge >= 0.3 is 0 Å². The van der Waals surface area contributed by atoms with E-state index in [0.717, 1.165) is 22.1 Å². The van der Waals surface area contributed by atoms with E-state index >= 15 is 0 Å². The van der Waals surface area contributed by atoms with Crippen molar-refractivity contribution in [3.63, 3.8) is 0 Å². The number of halogens is 2. The Labute approximate surface area is 128 Å². The lowest BCUT2D eigenvalue weighted by atomic mass is 10.0. The molecule has 106 valence electrons. The van der Waals surface area contributed by atoms with Crippen molar-refractivity contribution in [2.75, 3.05) is 5.32 Å². The molecule has 1 nitrogen and oxygen atoms in total. The summed E-state index contributed by atoms with van der Waals surface area (Å²) in [6.07, 6.45) is 0.900. The largest absolute Gasteiger partial charge is 0.378 e. The van der Waals surface area contributed by atoms with Gasteiger partial charge in [-0.05, 0) is 61.2 Å². The molecule has 2 rings (SSSR count). The van der Waals surface area contributed by atoms with Crippen LogP contribution in [-0.4, -0.2) is 0 Å². The lowest BCUT2D eigenvalue weighted by molar-refractivity contribution is 0.621. The third-order valence-electron chi connectivity index (χ3n) is 3.44. The Morgan fingerprint density at radius 2 is 1.80 bits per heavy atom. The van der Waals surface area contributed by atoms with Gasteiger partial charge in [0.05, 0.1) is 6.04 Å². The topological polar surface area (TPSA) is 12.0 Å². The molecule has 0 aromatic heterocycles. The molecule has 3 heteroatoms. The van der Waals surface area contributed by atoms with Crippen molar-refractivity contribution >= 4 is 21.6 Å². The molecule has 1 unspecified atom stereocenters. The van der Waals surface area contributed by atoms with E-state index in [-0.39, 0.29) is 11.9 Å². The maximum atomic E-state index is 13.3. The maximum Gasteiger partial charge on any atom is 0.123 e. The molecule has 0 aliphatic carbocycles. The summed E-state index contributed by atoms with van der Waals surface area (Å²) in [6.45, 7) is 6.25. The Morgan fingerprint density at radius 1 is 1.15 bits per heavy atom. The molecule has 1 atom stereocenters. The maximum absolute atomic E-state index is 13.3. The predicted octanol–water partition coefficient (Wildman–Crippen LogP) is 5.77. The van der Waals surface area contributed by atoms with Gasteiger partial charge in [0, 0.05) is 10.2 Å². The van der Waals surface area contributed by atoms with E-state index in [1.54, 1.807) is 12.1 Å². The minimum absolute atomic E-state index is 0.116. The van der Waals surface area contributed by atoms with Crippen LogP contribution in [-0.2, 0) is 0 Å². The molecule has 0 saturated heterocycles. The van der Waals surface area contributed by atoms with Crippen molar-refractivity contribution in [2.45, 2.75) is 33.2 Å². The number of aryl methyl sites for hydroxylation is 2. The van der Waals surface area contributed by atoms with Crippen LogP contribution in [0.2, 0.25) is 0 Å². The minimum atomic E-state index is -0.189. The summed E-state index contributed by atoms with van der Waals surface area (Å²) in [6, 6.07) is 11.1. The smallest absolute Gasteiger partial charge is 0.123 e. The fourth-order valence-corrected chi connectivity index (χ4v) is 2.60. The van der Waals surface area contributed by atoms with E-state index in [0.29, 0.717) is 0 Å². The summed E-state index contributed by atoms with van der Waals surface area (Å²) in [4.78, 5) is 0. The van der Waals surface area contributed by atoms with Crippen LogP contribution < -0.4 is 5.32 Å². The van der Waals surface area contributed by atoms with Crippen LogP contribution >= 0.6 is 15.9 Å². The SMILES string of the molecule is CCC(Nc1cc(C)c(Br)c(C)c1)c1cccc(F)c1. The van der Waals surface area contributed by atoms with Crippen LogP contribution in [0.5, 0.6) is 0 Å². The van der Waals surface area contributed by atoms with Crippen LogP contribution in [0.3, 0.4) is 0 Å². The second-order valence-electron chi connectivity index (χ2n) is 5.08. The fraction of sp³-hybridized carbons (Fsp3) is 0.294. The highest BCUT2D eigenvalue weighted by Gasteiger charge is 2.11. The highest BCUT2D eigenvalue weighted by atomic mass is 79.9. The van der Waals surface area contributed by atoms with Gasteiger partial charge in [0.15, 0.2) is 0 Å². The molecule has 2 aromatic carbocycles. The highest BCUT2D eigenvalue weighted by molar-refractivity contribution is 9.10. The zero-order chi connectivity index (χ0) is 14.7. The average molecular weight is 336 g/mol. The van der Waals surface area contributed by atoms with Crippen molar-refractivity contribution < 1.29 is 4.39 Å². The first-order chi connectivity index (χ1) is 9.51. The summed E-state index contributed by atoms with van der Waals surface area (Å²) >= 11 is 3.57. The summed E-state index contributed by atoms with van der Waals surface area (Å²) in [5.74, 6) is -0.189. The Morgan fingerprint density at radius 3 is 2.35 bits per heavy atom. The monoisotopic (exact) mass is 335 g/mol. The second-order valence-corrected chi connectivity index (χ2v) is 5.88. The van der Waals surface area contributed by atoms with Crippen LogP contribution in [0.1, 0.15) is 36.1 Å². The lowest BCUT2D eigenvalue weighted by Crippen LogP contribution is -2.10. The van der Waals surface area contributed by atoms with Gasteiger partial charge in [0.1, 0.15) is 5.82 Å². The molecular weight excluding hydrogens is 317 g/mol. The summed E-state index contributed by atoms with van der Waals surface area (Å²) in [5, 5.41) is 3.49. The lowest BCUT2D eigenvalue weighted by Gasteiger charge is -2.20. The predicted molar refractivity (Wildman–Crippen MR) is 86.7 cm³/mol. The Balaban J connectivity index is 2.27. The fourth-order valence-electron chi connectivity index (χ4n) is 2.37. The molecule has 20 heavy (non-hydrogen) atoms. The zero-order valence-electron chi connectivity index (χ0n) is 12.0. The highest BCUT2D eigenvalue weighted by Crippen LogP contribution is 2.28. The molecule has 0 fully saturated rings. The van der Waals surface area contributed by atoms with Crippen molar-refractivity contribution in [2.24, 2.45) is 0 Å². The van der Waals surface area contributed by atoms with Crippen LogP contribution in [0.25, 0.3) is 0 Å². The first kappa shape index (κ1) is 15.0. The van der Waals surface area contributed by atoms with E-state index in [4.69, 9.17) is 0 Å². The van der Waals surface area contributed by atoms with Crippen molar-refractivity contribution in [1.82, 2.24) is 0 Å². The summed E-state index contributed by atoms with van der Waals surface area (Å²) in [5.41, 5.74) is 4.44. The van der Waals surface area contributed by atoms with Crippen LogP contribution in [0.4, 0.5) is 10.1 Å². The number of hydrogen-bond donors (Lipinski definition) is 1. The third kappa shape index (κ3) is 3.40. The molecule has 1 N–H and O–H groups in total. The van der Waals surface area contributed by atoms with Crippen molar-refractivity contribution in [1.29, 1.82) is 0 Å². The first-order valence-corrected chi connectivity index (χ1v) is 7.59. The molecular formula is C17H19BrFN. The molecule has 0 aliphatic rings. The van der Waals surface area contributed by atoms with Gasteiger partial charge in [0.2, 0.25) is 0 Å². The zero-order valence-corrected chi connectivity index (χ0v) is 13.6. The molecule has 0 spiro atoms. The number of nitrogens with one attached hydrogen (secondary N) is 1. The molecule has 0 saturated carbocycles. The number of benzene rings is 2. The van der Waals surface area contributed by atoms with E-state index in [1.165, 1.54) is 17.2 Å². The Kier molecular flexibility index (Phi) is 4.81. The van der Waals surface area contributed by atoms with Gasteiger partial charge in [-0.2, -0.15) is 0 Å². The van der Waals surface area contributed by atoms with Crippen molar-refractivity contribution in [3.05, 3.63) is 63.4 Å². The third-order valence-corrected chi connectivity index (χ3v) is 4.69. The van der Waals surface area contributed by atoms with Gasteiger partial charge < -0.3 is 5.32 Å². The van der Waals surface area contributed by atoms with E-state index in [2.05, 4.69) is 54.2 Å². The average Bonchev–Trinajstić information content (AvgIpc) is 2.42. The quantitative estimate of drug-likeness (QED) is 0.747. The van der Waals surface area contributed by atoms with Crippen LogP contribution in [0, 0.1) is 19.7 Å². The standard InChI is InChI=1S/C17H19BrFN/c1-4-16(13-6-5-7-14(19)10-13)20-15-8-11(2)17(18)12(3)9-15/h5-10,16,20H,4H2,1-3H3. The summed E-state index contributed by atoms with van der Waals surface area (Å²) in [7, 11) is 0. The van der Waals surface area contributed by atoms with Crippen molar-refractivity contribution in [3.8, 4) is 0 Å². The van der Waals surface area contributed by atoms with Crippen LogP contribution in [0.15, 0.2) is 40.9 Å². The number of rotatable bonds is 4. The normalized spacial score (nSPS) is 12.2. The molecule has 0 bridgehead atoms. The molecule has 0 aliphatic heterocycles. The van der Waals surface area contributed by atoms with E-state index < -0.39 is 0 Å². The van der Waals surface area contributed by atoms with E-state index in [1.807, 2.05) is 6.07 Å². The summed E-state index contributed by atoms with van der Waals surface area (Å²) < 4.78 is 14.5. The van der Waals surface area contributed by atoms with Gasteiger partial charge in [-0.3, -0.25) is 0 Å². The number of hydrogen-bond acceptors (Lipinski definition) is 1.